The number of anilines is 1. The van der Waals surface area contributed by atoms with Gasteiger partial charge in [-0.05, 0) is 35.9 Å². The molecule has 0 saturated carbocycles. The molecule has 0 spiro atoms. The Morgan fingerprint density at radius 2 is 1.77 bits per heavy atom. The summed E-state index contributed by atoms with van der Waals surface area (Å²) in [5, 5.41) is 17.5. The van der Waals surface area contributed by atoms with Crippen molar-refractivity contribution in [1.82, 2.24) is 19.3 Å². The number of aliphatic hydroxyl groups excluding tert-OH is 1. The van der Waals surface area contributed by atoms with Crippen LogP contribution in [0.4, 0.5) is 18.9 Å². The van der Waals surface area contributed by atoms with Gasteiger partial charge in [0, 0.05) is 37.5 Å². The second-order valence-corrected chi connectivity index (χ2v) is 11.3. The van der Waals surface area contributed by atoms with Crippen molar-refractivity contribution in [3.05, 3.63) is 95.3 Å². The molecule has 5 rings (SSSR count). The molecule has 0 aliphatic carbocycles. The minimum Gasteiger partial charge on any atom is -0.456 e. The highest BCUT2D eigenvalue weighted by Gasteiger charge is 2.33. The van der Waals surface area contributed by atoms with Gasteiger partial charge >= 0.3 is 6.18 Å². The van der Waals surface area contributed by atoms with Crippen LogP contribution in [0, 0.1) is 0 Å². The molecule has 0 radical (unpaired) electrons. The number of rotatable bonds is 7. The summed E-state index contributed by atoms with van der Waals surface area (Å²) < 4.78 is 75.1. The van der Waals surface area contributed by atoms with Gasteiger partial charge in [0.25, 0.3) is 0 Å². The molecule has 9 nitrogen and oxygen atoms in total. The van der Waals surface area contributed by atoms with Crippen molar-refractivity contribution < 1.29 is 31.4 Å². The number of hydrogen-bond acceptors (Lipinski definition) is 7. The Morgan fingerprint density at radius 3 is 2.50 bits per heavy atom. The Labute approximate surface area is 229 Å². The number of para-hydroxylation sites is 1. The van der Waals surface area contributed by atoms with Crippen LogP contribution in [-0.2, 0) is 35.8 Å². The van der Waals surface area contributed by atoms with E-state index < -0.39 is 21.8 Å². The summed E-state index contributed by atoms with van der Waals surface area (Å²) >= 11 is 0. The first-order valence-corrected chi connectivity index (χ1v) is 13.8. The van der Waals surface area contributed by atoms with Gasteiger partial charge in [0.2, 0.25) is 10.0 Å². The fraction of sp³-hybridized carbons (Fsp3) is 0.259. The maximum absolute atomic E-state index is 13.9. The van der Waals surface area contributed by atoms with Gasteiger partial charge in [-0.1, -0.05) is 35.5 Å². The summed E-state index contributed by atoms with van der Waals surface area (Å²) in [4.78, 5) is 1.77. The predicted molar refractivity (Wildman–Crippen MR) is 140 cm³/mol. The van der Waals surface area contributed by atoms with Crippen molar-refractivity contribution in [1.29, 1.82) is 0 Å². The van der Waals surface area contributed by atoms with E-state index in [2.05, 4.69) is 10.3 Å². The van der Waals surface area contributed by atoms with E-state index >= 15 is 0 Å². The van der Waals surface area contributed by atoms with Crippen LogP contribution in [0.1, 0.15) is 22.4 Å². The smallest absolute Gasteiger partial charge is 0.416 e. The number of nitrogens with zero attached hydrogens (tertiary/aromatic N) is 5. The van der Waals surface area contributed by atoms with Crippen molar-refractivity contribution in [2.24, 2.45) is 0 Å². The van der Waals surface area contributed by atoms with Gasteiger partial charge in [0.15, 0.2) is 0 Å². The van der Waals surface area contributed by atoms with Crippen LogP contribution in [0.15, 0.2) is 77.8 Å². The van der Waals surface area contributed by atoms with Crippen LogP contribution in [-0.4, -0.2) is 53.0 Å². The third-order valence-electron chi connectivity index (χ3n) is 6.51. The van der Waals surface area contributed by atoms with Gasteiger partial charge in [-0.3, -0.25) is 0 Å². The van der Waals surface area contributed by atoms with Crippen LogP contribution < -0.4 is 9.64 Å². The van der Waals surface area contributed by atoms with E-state index in [0.29, 0.717) is 34.8 Å². The summed E-state index contributed by atoms with van der Waals surface area (Å²) in [5.41, 5.74) is 1.55. The number of sulfonamides is 1. The van der Waals surface area contributed by atoms with E-state index in [1.54, 1.807) is 54.5 Å². The monoisotopic (exact) mass is 573 g/mol. The van der Waals surface area contributed by atoms with Crippen LogP contribution in [0.25, 0.3) is 0 Å². The molecular formula is C27H26F3N5O4S. The molecule has 0 atom stereocenters. The molecule has 1 aliphatic rings. The Balaban J connectivity index is 1.43. The number of halogens is 3. The van der Waals surface area contributed by atoms with Crippen LogP contribution in [0.3, 0.4) is 0 Å². The van der Waals surface area contributed by atoms with E-state index in [1.807, 2.05) is 0 Å². The highest BCUT2D eigenvalue weighted by Crippen LogP contribution is 2.39. The van der Waals surface area contributed by atoms with E-state index in [1.165, 1.54) is 27.2 Å². The zero-order valence-electron chi connectivity index (χ0n) is 21.4. The highest BCUT2D eigenvalue weighted by atomic mass is 32.2. The number of aliphatic hydroxyl groups is 1. The fourth-order valence-electron chi connectivity index (χ4n) is 4.37. The van der Waals surface area contributed by atoms with Crippen molar-refractivity contribution >= 4 is 15.7 Å². The third-order valence-corrected chi connectivity index (χ3v) is 8.34. The maximum Gasteiger partial charge on any atom is 0.416 e. The lowest BCUT2D eigenvalue weighted by Crippen LogP contribution is -2.32. The Morgan fingerprint density at radius 1 is 1.02 bits per heavy atom. The molecule has 2 heterocycles. The van der Waals surface area contributed by atoms with Crippen molar-refractivity contribution in [2.75, 3.05) is 25.1 Å². The second-order valence-electron chi connectivity index (χ2n) is 9.36. The lowest BCUT2D eigenvalue weighted by molar-refractivity contribution is -0.137. The summed E-state index contributed by atoms with van der Waals surface area (Å²) in [6, 6.07) is 16.6. The zero-order chi connectivity index (χ0) is 28.5. The van der Waals surface area contributed by atoms with E-state index in [9.17, 15) is 26.7 Å². The predicted octanol–water partition coefficient (Wildman–Crippen LogP) is 4.27. The molecule has 0 bridgehead atoms. The Hall–Kier alpha value is -3.94. The molecule has 3 aromatic carbocycles. The SMILES string of the molecule is CN(CCO)c1ccc2c(c1)Oc1ccccc1CN(Cc1cn(Cc3ccc(C(F)(F)F)cc3)nn1)S2(=O)=O. The summed E-state index contributed by atoms with van der Waals surface area (Å²) in [7, 11) is -2.27. The van der Waals surface area contributed by atoms with Gasteiger partial charge in [-0.2, -0.15) is 17.5 Å². The number of hydrogen-bond donors (Lipinski definition) is 1. The van der Waals surface area contributed by atoms with Gasteiger partial charge < -0.3 is 14.7 Å². The third kappa shape index (κ3) is 5.81. The standard InChI is InChI=1S/C27H26F3N5O4S/c1-33(12-13-36)23-10-11-26-25(14-23)39-24-5-3-2-4-20(24)16-35(40(26,37)38)18-22-17-34(32-31-22)15-19-6-8-21(9-7-19)27(28,29)30/h2-11,14,17,36H,12-13,15-16,18H2,1H3. The van der Waals surface area contributed by atoms with Gasteiger partial charge in [0.05, 0.1) is 37.2 Å². The molecule has 1 N–H and O–H groups in total. The number of likely N-dealkylation sites (N-methyl/N-ethyl adjacent to an activating group) is 1. The van der Waals surface area contributed by atoms with Crippen LogP contribution in [0.5, 0.6) is 11.5 Å². The van der Waals surface area contributed by atoms with Gasteiger partial charge in [0.1, 0.15) is 16.4 Å². The summed E-state index contributed by atoms with van der Waals surface area (Å²) in [6.07, 6.45) is -2.85. The molecule has 0 saturated heterocycles. The Bertz CT molecular complexity index is 1610. The fourth-order valence-corrected chi connectivity index (χ4v) is 5.85. The lowest BCUT2D eigenvalue weighted by atomic mass is 10.1. The quantitative estimate of drug-likeness (QED) is 0.353. The molecule has 13 heteroatoms. The van der Waals surface area contributed by atoms with Crippen LogP contribution in [0.2, 0.25) is 0 Å². The molecule has 0 unspecified atom stereocenters. The van der Waals surface area contributed by atoms with Crippen molar-refractivity contribution in [2.45, 2.75) is 30.7 Å². The highest BCUT2D eigenvalue weighted by molar-refractivity contribution is 7.89. The number of benzene rings is 3. The van der Waals surface area contributed by atoms with E-state index in [0.717, 1.165) is 12.1 Å². The number of fused-ring (bicyclic) bond motifs is 2. The molecule has 40 heavy (non-hydrogen) atoms. The lowest BCUT2D eigenvalue weighted by Gasteiger charge is -2.28. The first kappa shape index (κ1) is 27.6. The number of aromatic nitrogens is 3. The molecule has 1 aliphatic heterocycles. The summed E-state index contributed by atoms with van der Waals surface area (Å²) in [5.74, 6) is 0.668. The Kier molecular flexibility index (Phi) is 7.53. The molecular weight excluding hydrogens is 547 g/mol. The minimum absolute atomic E-state index is 0.0136. The number of ether oxygens (including phenoxy) is 1. The van der Waals surface area contributed by atoms with Crippen LogP contribution >= 0.6 is 0 Å². The first-order chi connectivity index (χ1) is 19.0. The topological polar surface area (TPSA) is 101 Å². The molecule has 210 valence electrons. The first-order valence-electron chi connectivity index (χ1n) is 12.3. The summed E-state index contributed by atoms with van der Waals surface area (Å²) in [6.45, 7) is 0.395. The van der Waals surface area contributed by atoms with E-state index in [-0.39, 0.29) is 36.9 Å². The number of alkyl halides is 3. The average molecular weight is 574 g/mol. The van der Waals surface area contributed by atoms with E-state index in [4.69, 9.17) is 4.74 Å². The van der Waals surface area contributed by atoms with Gasteiger partial charge in [-0.25, -0.2) is 13.1 Å². The van der Waals surface area contributed by atoms with Gasteiger partial charge in [-0.15, -0.1) is 5.10 Å². The maximum atomic E-state index is 13.9. The molecule has 1 aromatic heterocycles. The largest absolute Gasteiger partial charge is 0.456 e. The second kappa shape index (κ2) is 10.9. The average Bonchev–Trinajstić information content (AvgIpc) is 3.35. The van der Waals surface area contributed by atoms with Crippen molar-refractivity contribution in [3.8, 4) is 11.5 Å². The normalized spacial score (nSPS) is 14.9. The molecule has 0 fully saturated rings. The minimum atomic E-state index is -4.42. The molecule has 4 aromatic rings. The zero-order valence-corrected chi connectivity index (χ0v) is 22.2. The van der Waals surface area contributed by atoms with Crippen molar-refractivity contribution in [3.63, 3.8) is 0 Å². The molecule has 0 amide bonds.